The van der Waals surface area contributed by atoms with Crippen molar-refractivity contribution in [3.63, 3.8) is 0 Å². The first-order valence-corrected chi connectivity index (χ1v) is 4.05. The van der Waals surface area contributed by atoms with E-state index in [2.05, 4.69) is 15.0 Å². The maximum Gasteiger partial charge on any atom is 0.411 e. The summed E-state index contributed by atoms with van der Waals surface area (Å²) in [6.45, 7) is 1.99. The summed E-state index contributed by atoms with van der Waals surface area (Å²) in [6.07, 6.45) is 2.29. The molecule has 1 N–H and O–H groups in total. The third-order valence-corrected chi connectivity index (χ3v) is 1.45. The molecule has 0 fully saturated rings. The maximum atomic E-state index is 11.0. The third-order valence-electron chi connectivity index (χ3n) is 1.45. The van der Waals surface area contributed by atoms with Crippen LogP contribution in [0.4, 0.5) is 10.5 Å². The Balaban J connectivity index is 2.77. The van der Waals surface area contributed by atoms with Crippen LogP contribution in [0.2, 0.25) is 0 Å². The Kier molecular flexibility index (Phi) is 3.44. The van der Waals surface area contributed by atoms with Gasteiger partial charge in [0.05, 0.1) is 24.1 Å². The van der Waals surface area contributed by atoms with Crippen molar-refractivity contribution < 1.29 is 9.53 Å². The van der Waals surface area contributed by atoms with E-state index < -0.39 is 6.09 Å². The van der Waals surface area contributed by atoms with Crippen LogP contribution in [0.3, 0.4) is 0 Å². The number of hydrogen-bond acceptors (Lipinski definition) is 4. The van der Waals surface area contributed by atoms with Gasteiger partial charge < -0.3 is 4.74 Å². The highest BCUT2D eigenvalue weighted by atomic mass is 16.5. The fraction of sp³-hybridized carbons (Fsp3) is 0.222. The number of rotatable bonds is 2. The number of ether oxygens (including phenoxy) is 1. The van der Waals surface area contributed by atoms with E-state index in [1.807, 2.05) is 6.07 Å². The van der Waals surface area contributed by atoms with Crippen molar-refractivity contribution in [1.29, 1.82) is 5.26 Å². The summed E-state index contributed by atoms with van der Waals surface area (Å²) in [4.78, 5) is 14.8. The minimum atomic E-state index is -0.586. The molecule has 0 saturated carbocycles. The fourth-order valence-electron chi connectivity index (χ4n) is 0.869. The first-order chi connectivity index (χ1) is 6.77. The van der Waals surface area contributed by atoms with Gasteiger partial charge in [0.25, 0.3) is 0 Å². The summed E-state index contributed by atoms with van der Waals surface area (Å²) in [5.74, 6) is 0. The largest absolute Gasteiger partial charge is 0.450 e. The molecule has 0 unspecified atom stereocenters. The van der Waals surface area contributed by atoms with E-state index >= 15 is 0 Å². The van der Waals surface area contributed by atoms with Gasteiger partial charge in [-0.25, -0.2) is 4.79 Å². The van der Waals surface area contributed by atoms with Crippen LogP contribution in [0, 0.1) is 11.3 Å². The number of carbonyl (C=O) groups is 1. The Labute approximate surface area is 81.3 Å². The monoisotopic (exact) mass is 191 g/mol. The lowest BCUT2D eigenvalue weighted by Gasteiger charge is -2.05. The number of aromatic nitrogens is 1. The molecule has 0 aliphatic rings. The van der Waals surface area contributed by atoms with Gasteiger partial charge in [-0.3, -0.25) is 10.3 Å². The zero-order valence-corrected chi connectivity index (χ0v) is 7.65. The molecule has 5 nitrogen and oxygen atoms in total. The second-order valence-electron chi connectivity index (χ2n) is 2.38. The van der Waals surface area contributed by atoms with Crippen molar-refractivity contribution in [3.05, 3.63) is 24.0 Å². The lowest BCUT2D eigenvalue weighted by atomic mass is 10.2. The van der Waals surface area contributed by atoms with Crippen LogP contribution in [0.1, 0.15) is 12.5 Å². The number of nitrogens with zero attached hydrogens (tertiary/aromatic N) is 2. The van der Waals surface area contributed by atoms with Crippen LogP contribution in [0.15, 0.2) is 18.5 Å². The zero-order valence-electron chi connectivity index (χ0n) is 7.65. The number of anilines is 1. The van der Waals surface area contributed by atoms with Gasteiger partial charge in [0.2, 0.25) is 0 Å². The summed E-state index contributed by atoms with van der Waals surface area (Å²) in [5, 5.41) is 11.1. The van der Waals surface area contributed by atoms with Gasteiger partial charge in [0.15, 0.2) is 0 Å². The van der Waals surface area contributed by atoms with E-state index in [-0.39, 0.29) is 6.61 Å². The molecule has 14 heavy (non-hydrogen) atoms. The number of hydrogen-bond donors (Lipinski definition) is 1. The summed E-state index contributed by atoms with van der Waals surface area (Å²) in [6, 6.07) is 3.45. The van der Waals surface area contributed by atoms with Crippen LogP contribution in [0.25, 0.3) is 0 Å². The average molecular weight is 191 g/mol. The Hall–Kier alpha value is -2.09. The molecule has 0 radical (unpaired) electrons. The average Bonchev–Trinajstić information content (AvgIpc) is 2.19. The van der Waals surface area contributed by atoms with E-state index in [4.69, 9.17) is 5.26 Å². The van der Waals surface area contributed by atoms with Gasteiger partial charge in [0.1, 0.15) is 6.07 Å². The van der Waals surface area contributed by atoms with Crippen molar-refractivity contribution in [2.24, 2.45) is 0 Å². The molecule has 1 aromatic rings. The Bertz CT molecular complexity index is 371. The number of pyridine rings is 1. The molecule has 0 aliphatic heterocycles. The smallest absolute Gasteiger partial charge is 0.411 e. The third kappa shape index (κ3) is 2.45. The molecule has 1 heterocycles. The minimum Gasteiger partial charge on any atom is -0.450 e. The number of nitrogens with one attached hydrogen (secondary N) is 1. The van der Waals surface area contributed by atoms with Crippen LogP contribution in [0.5, 0.6) is 0 Å². The molecular weight excluding hydrogens is 182 g/mol. The van der Waals surface area contributed by atoms with Crippen LogP contribution >= 0.6 is 0 Å². The second-order valence-corrected chi connectivity index (χ2v) is 2.38. The highest BCUT2D eigenvalue weighted by Gasteiger charge is 2.05. The van der Waals surface area contributed by atoms with Gasteiger partial charge in [-0.05, 0) is 13.0 Å². The van der Waals surface area contributed by atoms with Crippen molar-refractivity contribution in [3.8, 4) is 6.07 Å². The Morgan fingerprint density at radius 3 is 3.21 bits per heavy atom. The van der Waals surface area contributed by atoms with Gasteiger partial charge in [0, 0.05) is 6.20 Å². The predicted molar refractivity (Wildman–Crippen MR) is 49.6 cm³/mol. The molecule has 1 amide bonds. The first kappa shape index (κ1) is 9.99. The van der Waals surface area contributed by atoms with E-state index in [9.17, 15) is 4.79 Å². The molecule has 0 aliphatic carbocycles. The molecule has 0 bridgehead atoms. The van der Waals surface area contributed by atoms with Gasteiger partial charge in [-0.15, -0.1) is 0 Å². The number of nitriles is 1. The van der Waals surface area contributed by atoms with Crippen molar-refractivity contribution in [1.82, 2.24) is 4.98 Å². The topological polar surface area (TPSA) is 75.0 Å². The quantitative estimate of drug-likeness (QED) is 0.768. The van der Waals surface area contributed by atoms with Crippen molar-refractivity contribution >= 4 is 11.8 Å². The Morgan fingerprint density at radius 1 is 1.79 bits per heavy atom. The minimum absolute atomic E-state index is 0.286. The maximum absolute atomic E-state index is 11.0. The Morgan fingerprint density at radius 2 is 2.57 bits per heavy atom. The zero-order chi connectivity index (χ0) is 10.4. The lowest BCUT2D eigenvalue weighted by molar-refractivity contribution is 0.168. The predicted octanol–water partition coefficient (Wildman–Crippen LogP) is 1.52. The molecule has 0 aromatic carbocycles. The summed E-state index contributed by atoms with van der Waals surface area (Å²) in [5.41, 5.74) is 0.710. The van der Waals surface area contributed by atoms with Gasteiger partial charge in [-0.1, -0.05) is 0 Å². The van der Waals surface area contributed by atoms with Gasteiger partial charge >= 0.3 is 6.09 Å². The summed E-state index contributed by atoms with van der Waals surface area (Å²) >= 11 is 0. The van der Waals surface area contributed by atoms with E-state index in [1.165, 1.54) is 18.5 Å². The van der Waals surface area contributed by atoms with Crippen LogP contribution in [-0.4, -0.2) is 17.7 Å². The van der Waals surface area contributed by atoms with Gasteiger partial charge in [-0.2, -0.15) is 5.26 Å². The first-order valence-electron chi connectivity index (χ1n) is 4.05. The molecule has 0 saturated heterocycles. The van der Waals surface area contributed by atoms with E-state index in [0.29, 0.717) is 11.3 Å². The normalized spacial score (nSPS) is 8.86. The molecule has 1 rings (SSSR count). The molecule has 0 spiro atoms. The molecule has 72 valence electrons. The number of carbonyl (C=O) groups excluding carboxylic acids is 1. The number of amides is 1. The van der Waals surface area contributed by atoms with Crippen molar-refractivity contribution in [2.45, 2.75) is 6.92 Å². The molecule has 1 aromatic heterocycles. The lowest BCUT2D eigenvalue weighted by Crippen LogP contribution is -2.14. The molecular formula is C9H9N3O2. The van der Waals surface area contributed by atoms with E-state index in [1.54, 1.807) is 6.92 Å². The SMILES string of the molecule is CCOC(=O)Nc1cnccc1C#N. The van der Waals surface area contributed by atoms with Crippen LogP contribution < -0.4 is 5.32 Å². The standard InChI is InChI=1S/C9H9N3O2/c1-2-14-9(13)12-8-6-11-4-3-7(8)5-10/h3-4,6H,2H2,1H3,(H,12,13). The molecule has 5 heteroatoms. The van der Waals surface area contributed by atoms with Crippen molar-refractivity contribution in [2.75, 3.05) is 11.9 Å². The second kappa shape index (κ2) is 4.82. The fourth-order valence-corrected chi connectivity index (χ4v) is 0.869. The van der Waals surface area contributed by atoms with E-state index in [0.717, 1.165) is 0 Å². The summed E-state index contributed by atoms with van der Waals surface area (Å²) < 4.78 is 4.66. The van der Waals surface area contributed by atoms with Crippen LogP contribution in [-0.2, 0) is 4.74 Å². The highest BCUT2D eigenvalue weighted by Crippen LogP contribution is 2.11. The summed E-state index contributed by atoms with van der Waals surface area (Å²) in [7, 11) is 0. The highest BCUT2D eigenvalue weighted by molar-refractivity contribution is 5.86. The molecule has 0 atom stereocenters.